The number of nitrogen functional groups attached to an aromatic ring is 1. The number of esters is 1. The first-order valence-electron chi connectivity index (χ1n) is 6.35. The minimum Gasteiger partial charge on any atom is -0.459 e. The second kappa shape index (κ2) is 5.57. The molecule has 19 heavy (non-hydrogen) atoms. The first-order valence-corrected chi connectivity index (χ1v) is 6.35. The number of ether oxygens (including phenoxy) is 2. The molecule has 2 rings (SSSR count). The van der Waals surface area contributed by atoms with Crippen molar-refractivity contribution in [3.05, 3.63) is 29.1 Å². The first-order chi connectivity index (χ1) is 8.97. The summed E-state index contributed by atoms with van der Waals surface area (Å²) in [6, 6.07) is 2.57. The van der Waals surface area contributed by atoms with Gasteiger partial charge in [-0.25, -0.2) is 9.18 Å². The Morgan fingerprint density at radius 3 is 2.84 bits per heavy atom. The maximum absolute atomic E-state index is 13.5. The highest BCUT2D eigenvalue weighted by Gasteiger charge is 2.23. The molecule has 0 amide bonds. The summed E-state index contributed by atoms with van der Waals surface area (Å²) in [6.45, 7) is 3.74. The molecule has 0 saturated carbocycles. The summed E-state index contributed by atoms with van der Waals surface area (Å²) in [7, 11) is 0. The van der Waals surface area contributed by atoms with Crippen LogP contribution in [0.4, 0.5) is 10.1 Å². The van der Waals surface area contributed by atoms with Gasteiger partial charge in [0.15, 0.2) is 0 Å². The maximum Gasteiger partial charge on any atom is 0.338 e. The summed E-state index contributed by atoms with van der Waals surface area (Å²) < 4.78 is 24.1. The number of rotatable bonds is 3. The van der Waals surface area contributed by atoms with Gasteiger partial charge in [0.1, 0.15) is 12.4 Å². The van der Waals surface area contributed by atoms with Crippen LogP contribution >= 0.6 is 0 Å². The van der Waals surface area contributed by atoms with E-state index in [0.29, 0.717) is 5.56 Å². The number of carbonyl (C=O) groups is 1. The lowest BCUT2D eigenvalue weighted by Crippen LogP contribution is -2.19. The zero-order chi connectivity index (χ0) is 14.0. The third-order valence-electron chi connectivity index (χ3n) is 3.34. The van der Waals surface area contributed by atoms with Crippen molar-refractivity contribution in [1.29, 1.82) is 0 Å². The van der Waals surface area contributed by atoms with Gasteiger partial charge < -0.3 is 15.2 Å². The molecule has 104 valence electrons. The zero-order valence-corrected chi connectivity index (χ0v) is 11.1. The molecule has 1 fully saturated rings. The van der Waals surface area contributed by atoms with Crippen molar-refractivity contribution in [3.63, 3.8) is 0 Å². The van der Waals surface area contributed by atoms with Gasteiger partial charge in [0.05, 0.1) is 17.8 Å². The molecule has 0 bridgehead atoms. The van der Waals surface area contributed by atoms with E-state index < -0.39 is 11.8 Å². The summed E-state index contributed by atoms with van der Waals surface area (Å²) in [5.41, 5.74) is 6.34. The van der Waals surface area contributed by atoms with Crippen LogP contribution in [0.2, 0.25) is 0 Å². The van der Waals surface area contributed by atoms with Crippen LogP contribution in [0.15, 0.2) is 12.1 Å². The number of hydrogen-bond donors (Lipinski definition) is 1. The average Bonchev–Trinajstić information content (AvgIpc) is 2.78. The molecular formula is C14H18FNO3. The minimum atomic E-state index is -0.575. The third kappa shape index (κ3) is 3.23. The van der Waals surface area contributed by atoms with Crippen molar-refractivity contribution in [2.45, 2.75) is 38.9 Å². The van der Waals surface area contributed by atoms with Gasteiger partial charge >= 0.3 is 5.97 Å². The fraction of sp³-hybridized carbons (Fsp3) is 0.500. The minimum absolute atomic E-state index is 0.0633. The molecule has 2 atom stereocenters. The van der Waals surface area contributed by atoms with Crippen LogP contribution in [0.1, 0.15) is 35.7 Å². The molecule has 1 aromatic carbocycles. The van der Waals surface area contributed by atoms with Crippen molar-refractivity contribution in [2.24, 2.45) is 0 Å². The largest absolute Gasteiger partial charge is 0.459 e. The Morgan fingerprint density at radius 2 is 2.26 bits per heavy atom. The molecule has 2 unspecified atom stereocenters. The van der Waals surface area contributed by atoms with E-state index >= 15 is 0 Å². The Morgan fingerprint density at radius 1 is 1.53 bits per heavy atom. The lowest BCUT2D eigenvalue weighted by atomic mass is 10.1. The van der Waals surface area contributed by atoms with Crippen molar-refractivity contribution >= 4 is 11.7 Å². The number of hydrogen-bond acceptors (Lipinski definition) is 4. The van der Waals surface area contributed by atoms with Gasteiger partial charge in [0.2, 0.25) is 0 Å². The predicted octanol–water partition coefficient (Wildman–Crippen LogP) is 2.44. The fourth-order valence-corrected chi connectivity index (χ4v) is 2.08. The van der Waals surface area contributed by atoms with Crippen LogP contribution in [0, 0.1) is 12.7 Å². The molecule has 1 aliphatic rings. The second-order valence-corrected chi connectivity index (χ2v) is 4.92. The third-order valence-corrected chi connectivity index (χ3v) is 3.34. The summed E-state index contributed by atoms with van der Waals surface area (Å²) in [4.78, 5) is 11.8. The van der Waals surface area contributed by atoms with E-state index in [1.165, 1.54) is 6.07 Å². The molecule has 1 saturated heterocycles. The van der Waals surface area contributed by atoms with Crippen molar-refractivity contribution in [2.75, 3.05) is 12.3 Å². The van der Waals surface area contributed by atoms with E-state index in [0.717, 1.165) is 18.9 Å². The molecule has 1 heterocycles. The van der Waals surface area contributed by atoms with E-state index in [9.17, 15) is 9.18 Å². The number of nitrogens with two attached hydrogens (primary N) is 1. The zero-order valence-electron chi connectivity index (χ0n) is 11.1. The van der Waals surface area contributed by atoms with E-state index in [1.807, 2.05) is 6.92 Å². The Bertz CT molecular complexity index is 467. The van der Waals surface area contributed by atoms with Gasteiger partial charge in [-0.2, -0.15) is 0 Å². The lowest BCUT2D eigenvalue weighted by molar-refractivity contribution is -0.00267. The highest BCUT2D eigenvalue weighted by atomic mass is 19.1. The van der Waals surface area contributed by atoms with Gasteiger partial charge in [0.25, 0.3) is 0 Å². The van der Waals surface area contributed by atoms with Crippen LogP contribution in [-0.2, 0) is 9.47 Å². The normalized spacial score (nSPS) is 22.5. The highest BCUT2D eigenvalue weighted by Crippen LogP contribution is 2.21. The average molecular weight is 267 g/mol. The molecule has 2 N–H and O–H groups in total. The van der Waals surface area contributed by atoms with E-state index in [-0.39, 0.29) is 30.1 Å². The standard InChI is InChI=1S/C14H18FNO3/c1-8-3-4-11(19-8)7-18-14(17)10-5-12(15)9(2)13(16)6-10/h5-6,8,11H,3-4,7,16H2,1-2H3. The van der Waals surface area contributed by atoms with E-state index in [1.54, 1.807) is 6.92 Å². The molecular weight excluding hydrogens is 249 g/mol. The molecule has 0 aromatic heterocycles. The Hall–Kier alpha value is -1.62. The van der Waals surface area contributed by atoms with Crippen LogP contribution in [0.3, 0.4) is 0 Å². The molecule has 1 aliphatic heterocycles. The monoisotopic (exact) mass is 267 g/mol. The number of halogens is 1. The molecule has 4 nitrogen and oxygen atoms in total. The van der Waals surface area contributed by atoms with E-state index in [4.69, 9.17) is 15.2 Å². The van der Waals surface area contributed by atoms with Gasteiger partial charge in [-0.3, -0.25) is 0 Å². The number of carbonyl (C=O) groups excluding carboxylic acids is 1. The summed E-state index contributed by atoms with van der Waals surface area (Å²) in [6.07, 6.45) is 1.98. The lowest BCUT2D eigenvalue weighted by Gasteiger charge is -2.12. The van der Waals surface area contributed by atoms with Gasteiger partial charge in [-0.1, -0.05) is 0 Å². The van der Waals surface area contributed by atoms with Crippen LogP contribution in [0.5, 0.6) is 0 Å². The topological polar surface area (TPSA) is 61.6 Å². The molecule has 0 spiro atoms. The first kappa shape index (κ1) is 13.8. The molecule has 1 aromatic rings. The Labute approximate surface area is 111 Å². The smallest absolute Gasteiger partial charge is 0.338 e. The SMILES string of the molecule is Cc1c(N)cc(C(=O)OCC2CCC(C)O2)cc1F. The van der Waals surface area contributed by atoms with Crippen molar-refractivity contribution < 1.29 is 18.7 Å². The summed E-state index contributed by atoms with van der Waals surface area (Å²) in [5.74, 6) is -1.08. The highest BCUT2D eigenvalue weighted by molar-refractivity contribution is 5.90. The summed E-state index contributed by atoms with van der Waals surface area (Å²) in [5, 5.41) is 0. The summed E-state index contributed by atoms with van der Waals surface area (Å²) >= 11 is 0. The van der Waals surface area contributed by atoms with Crippen LogP contribution in [-0.4, -0.2) is 24.8 Å². The van der Waals surface area contributed by atoms with Gasteiger partial charge in [-0.15, -0.1) is 0 Å². The van der Waals surface area contributed by atoms with Crippen molar-refractivity contribution in [1.82, 2.24) is 0 Å². The number of anilines is 1. The van der Waals surface area contributed by atoms with E-state index in [2.05, 4.69) is 0 Å². The number of benzene rings is 1. The molecule has 5 heteroatoms. The van der Waals surface area contributed by atoms with Gasteiger partial charge in [-0.05, 0) is 38.8 Å². The molecule has 0 aliphatic carbocycles. The Kier molecular flexibility index (Phi) is 4.04. The molecule has 0 radical (unpaired) electrons. The Balaban J connectivity index is 1.96. The predicted molar refractivity (Wildman–Crippen MR) is 69.4 cm³/mol. The quantitative estimate of drug-likeness (QED) is 0.675. The van der Waals surface area contributed by atoms with Gasteiger partial charge in [0, 0.05) is 11.3 Å². The van der Waals surface area contributed by atoms with Crippen molar-refractivity contribution in [3.8, 4) is 0 Å². The maximum atomic E-state index is 13.5. The van der Waals surface area contributed by atoms with Crippen LogP contribution in [0.25, 0.3) is 0 Å². The second-order valence-electron chi connectivity index (χ2n) is 4.92. The van der Waals surface area contributed by atoms with Crippen LogP contribution < -0.4 is 5.73 Å². The fourth-order valence-electron chi connectivity index (χ4n) is 2.08.